The van der Waals surface area contributed by atoms with Gasteiger partial charge < -0.3 is 5.11 Å². The van der Waals surface area contributed by atoms with E-state index in [1.165, 1.54) is 24.8 Å². The smallest absolute Gasteiger partial charge is 0.0460 e. The molecule has 98 valence electrons. The van der Waals surface area contributed by atoms with Gasteiger partial charge in [-0.2, -0.15) is 0 Å². The van der Waals surface area contributed by atoms with E-state index in [0.717, 1.165) is 31.5 Å². The number of rotatable bonds is 4. The molecule has 2 atom stereocenters. The van der Waals surface area contributed by atoms with Gasteiger partial charge in [-0.25, -0.2) is 0 Å². The van der Waals surface area contributed by atoms with E-state index < -0.39 is 0 Å². The van der Waals surface area contributed by atoms with E-state index in [2.05, 4.69) is 35.2 Å². The lowest BCUT2D eigenvalue weighted by molar-refractivity contribution is 0.0639. The number of benzene rings is 1. The Kier molecular flexibility index (Phi) is 3.67. The zero-order chi connectivity index (χ0) is 12.4. The van der Waals surface area contributed by atoms with Crippen LogP contribution in [0.5, 0.6) is 0 Å². The molecule has 2 nitrogen and oxygen atoms in total. The largest absolute Gasteiger partial charge is 0.396 e. The Labute approximate surface area is 110 Å². The van der Waals surface area contributed by atoms with Crippen molar-refractivity contribution in [1.29, 1.82) is 0 Å². The minimum Gasteiger partial charge on any atom is -0.396 e. The molecule has 1 aromatic rings. The Bertz CT molecular complexity index is 374. The predicted molar refractivity (Wildman–Crippen MR) is 73.2 cm³/mol. The average molecular weight is 245 g/mol. The van der Waals surface area contributed by atoms with Gasteiger partial charge in [0.25, 0.3) is 0 Å². The summed E-state index contributed by atoms with van der Waals surface area (Å²) in [5.74, 6) is 1.45. The SMILES string of the molecule is OC[C@@H]1CCN(Cc2ccccc2)[C@H](C2CC2)C1. The molecular formula is C16H23NO. The lowest BCUT2D eigenvalue weighted by Gasteiger charge is -2.39. The van der Waals surface area contributed by atoms with E-state index in [4.69, 9.17) is 0 Å². The maximum Gasteiger partial charge on any atom is 0.0460 e. The fourth-order valence-corrected chi connectivity index (χ4v) is 3.27. The molecule has 1 aliphatic carbocycles. The third-order valence-electron chi connectivity index (χ3n) is 4.52. The highest BCUT2D eigenvalue weighted by atomic mass is 16.3. The van der Waals surface area contributed by atoms with Crippen molar-refractivity contribution in [3.63, 3.8) is 0 Å². The predicted octanol–water partition coefficient (Wildman–Crippen LogP) is 2.67. The van der Waals surface area contributed by atoms with Crippen LogP contribution in [0.1, 0.15) is 31.2 Å². The molecule has 2 fully saturated rings. The second kappa shape index (κ2) is 5.41. The molecule has 2 heteroatoms. The minimum absolute atomic E-state index is 0.377. The van der Waals surface area contributed by atoms with Crippen LogP contribution in [-0.2, 0) is 6.54 Å². The Morgan fingerprint density at radius 3 is 2.56 bits per heavy atom. The van der Waals surface area contributed by atoms with Crippen LogP contribution in [0.15, 0.2) is 30.3 Å². The van der Waals surface area contributed by atoms with Crippen LogP contribution >= 0.6 is 0 Å². The van der Waals surface area contributed by atoms with Crippen LogP contribution in [0.4, 0.5) is 0 Å². The first-order chi connectivity index (χ1) is 8.86. The van der Waals surface area contributed by atoms with E-state index in [-0.39, 0.29) is 0 Å². The van der Waals surface area contributed by atoms with Crippen molar-refractivity contribution in [2.24, 2.45) is 11.8 Å². The number of aliphatic hydroxyl groups excluding tert-OH is 1. The normalized spacial score (nSPS) is 29.4. The lowest BCUT2D eigenvalue weighted by atomic mass is 9.88. The molecule has 0 bridgehead atoms. The molecule has 0 aromatic heterocycles. The number of nitrogens with zero attached hydrogens (tertiary/aromatic N) is 1. The summed E-state index contributed by atoms with van der Waals surface area (Å²) in [6, 6.07) is 11.5. The molecule has 0 amide bonds. The molecule has 1 saturated heterocycles. The van der Waals surface area contributed by atoms with Crippen LogP contribution < -0.4 is 0 Å². The number of likely N-dealkylation sites (tertiary alicyclic amines) is 1. The van der Waals surface area contributed by atoms with Gasteiger partial charge in [-0.3, -0.25) is 4.90 Å². The van der Waals surface area contributed by atoms with Gasteiger partial charge in [-0.15, -0.1) is 0 Å². The number of hydrogen-bond donors (Lipinski definition) is 1. The van der Waals surface area contributed by atoms with Gasteiger partial charge in [0.1, 0.15) is 0 Å². The van der Waals surface area contributed by atoms with Crippen LogP contribution in [0.25, 0.3) is 0 Å². The first kappa shape index (κ1) is 12.2. The Morgan fingerprint density at radius 2 is 1.89 bits per heavy atom. The van der Waals surface area contributed by atoms with Crippen molar-refractivity contribution >= 4 is 0 Å². The van der Waals surface area contributed by atoms with Crippen LogP contribution in [0.2, 0.25) is 0 Å². The average Bonchev–Trinajstić information content (AvgIpc) is 3.25. The zero-order valence-electron chi connectivity index (χ0n) is 11.0. The van der Waals surface area contributed by atoms with Crippen LogP contribution in [-0.4, -0.2) is 29.2 Å². The van der Waals surface area contributed by atoms with Crippen molar-refractivity contribution in [3.05, 3.63) is 35.9 Å². The summed E-state index contributed by atoms with van der Waals surface area (Å²) >= 11 is 0. The highest BCUT2D eigenvalue weighted by Gasteiger charge is 2.38. The van der Waals surface area contributed by atoms with Gasteiger partial charge in [0.15, 0.2) is 0 Å². The molecule has 0 radical (unpaired) electrons. The molecule has 0 spiro atoms. The Morgan fingerprint density at radius 1 is 1.11 bits per heavy atom. The van der Waals surface area contributed by atoms with E-state index in [1.807, 2.05) is 0 Å². The maximum absolute atomic E-state index is 9.37. The second-order valence-electron chi connectivity index (χ2n) is 5.93. The van der Waals surface area contributed by atoms with Gasteiger partial charge >= 0.3 is 0 Å². The first-order valence-electron chi connectivity index (χ1n) is 7.25. The molecule has 18 heavy (non-hydrogen) atoms. The van der Waals surface area contributed by atoms with E-state index in [0.29, 0.717) is 12.5 Å². The zero-order valence-corrected chi connectivity index (χ0v) is 11.0. The summed E-state index contributed by atoms with van der Waals surface area (Å²) in [6.07, 6.45) is 5.16. The van der Waals surface area contributed by atoms with Crippen molar-refractivity contribution < 1.29 is 5.11 Å². The van der Waals surface area contributed by atoms with Crippen LogP contribution in [0, 0.1) is 11.8 Å². The van der Waals surface area contributed by atoms with Crippen molar-refractivity contribution in [2.45, 2.75) is 38.3 Å². The van der Waals surface area contributed by atoms with Gasteiger partial charge in [-0.1, -0.05) is 30.3 Å². The van der Waals surface area contributed by atoms with Crippen LogP contribution in [0.3, 0.4) is 0 Å². The summed E-state index contributed by atoms with van der Waals surface area (Å²) in [5, 5.41) is 9.37. The third-order valence-corrected chi connectivity index (χ3v) is 4.52. The van der Waals surface area contributed by atoms with E-state index in [1.54, 1.807) is 0 Å². The minimum atomic E-state index is 0.377. The van der Waals surface area contributed by atoms with E-state index >= 15 is 0 Å². The Balaban J connectivity index is 1.66. The lowest BCUT2D eigenvalue weighted by Crippen LogP contribution is -2.44. The number of piperidine rings is 1. The van der Waals surface area contributed by atoms with Gasteiger partial charge in [0.2, 0.25) is 0 Å². The Hall–Kier alpha value is -0.860. The molecule has 1 saturated carbocycles. The topological polar surface area (TPSA) is 23.5 Å². The molecule has 2 aliphatic rings. The highest BCUT2D eigenvalue weighted by Crippen LogP contribution is 2.41. The van der Waals surface area contributed by atoms with E-state index in [9.17, 15) is 5.11 Å². The summed E-state index contributed by atoms with van der Waals surface area (Å²) in [4.78, 5) is 2.65. The highest BCUT2D eigenvalue weighted by molar-refractivity contribution is 5.15. The fraction of sp³-hybridized carbons (Fsp3) is 0.625. The molecule has 1 heterocycles. The second-order valence-corrected chi connectivity index (χ2v) is 5.93. The summed E-state index contributed by atoms with van der Waals surface area (Å²) in [6.45, 7) is 2.61. The molecule has 1 aromatic carbocycles. The number of aliphatic hydroxyl groups is 1. The molecule has 3 rings (SSSR count). The summed E-state index contributed by atoms with van der Waals surface area (Å²) in [5.41, 5.74) is 1.42. The fourth-order valence-electron chi connectivity index (χ4n) is 3.27. The first-order valence-corrected chi connectivity index (χ1v) is 7.25. The third kappa shape index (κ3) is 2.76. The standard InChI is InChI=1S/C16H23NO/c18-12-14-8-9-17(16(10-14)15-6-7-15)11-13-4-2-1-3-5-13/h1-5,14-16,18H,6-12H2/t14-,16+/m1/s1. The van der Waals surface area contributed by atoms with Crippen molar-refractivity contribution in [1.82, 2.24) is 4.90 Å². The van der Waals surface area contributed by atoms with Crippen molar-refractivity contribution in [3.8, 4) is 0 Å². The quantitative estimate of drug-likeness (QED) is 0.881. The monoisotopic (exact) mass is 245 g/mol. The van der Waals surface area contributed by atoms with Gasteiger partial charge in [0.05, 0.1) is 0 Å². The molecule has 0 unspecified atom stereocenters. The summed E-state index contributed by atoms with van der Waals surface area (Å²) < 4.78 is 0. The van der Waals surface area contributed by atoms with Gasteiger partial charge in [0, 0.05) is 19.2 Å². The molecule has 1 aliphatic heterocycles. The molecular weight excluding hydrogens is 222 g/mol. The maximum atomic E-state index is 9.37. The number of hydrogen-bond acceptors (Lipinski definition) is 2. The molecule has 1 N–H and O–H groups in total. The van der Waals surface area contributed by atoms with Crippen molar-refractivity contribution in [2.75, 3.05) is 13.2 Å². The van der Waals surface area contributed by atoms with Gasteiger partial charge in [-0.05, 0) is 49.6 Å². The summed E-state index contributed by atoms with van der Waals surface area (Å²) in [7, 11) is 0.